The van der Waals surface area contributed by atoms with E-state index in [-0.39, 0.29) is 12.2 Å². The summed E-state index contributed by atoms with van der Waals surface area (Å²) in [5.41, 5.74) is 0.485. The first-order valence-electron chi connectivity index (χ1n) is 4.44. The Morgan fingerprint density at radius 3 is 2.47 bits per heavy atom. The Bertz CT molecular complexity index is 290. The van der Waals surface area contributed by atoms with Gasteiger partial charge in [-0.15, -0.1) is 23.5 Å². The Kier molecular flexibility index (Phi) is 5.04. The second-order valence-electron chi connectivity index (χ2n) is 2.82. The number of ether oxygens (including phenoxy) is 1. The molecule has 0 aromatic rings. The van der Waals surface area contributed by atoms with E-state index in [4.69, 9.17) is 9.84 Å². The summed E-state index contributed by atoms with van der Waals surface area (Å²) >= 11 is 3.24. The number of aliphatic carboxylic acids is 1. The summed E-state index contributed by atoms with van der Waals surface area (Å²) in [4.78, 5) is 22.3. The van der Waals surface area contributed by atoms with Crippen LogP contribution in [-0.4, -0.2) is 40.2 Å². The number of carboxylic acids is 1. The molecule has 1 saturated heterocycles. The van der Waals surface area contributed by atoms with Crippen LogP contribution in [0.3, 0.4) is 0 Å². The van der Waals surface area contributed by atoms with Crippen molar-refractivity contribution >= 4 is 35.5 Å². The van der Waals surface area contributed by atoms with Gasteiger partial charge in [-0.05, 0) is 12.5 Å². The summed E-state index contributed by atoms with van der Waals surface area (Å²) in [5.74, 6) is -0.699. The van der Waals surface area contributed by atoms with Gasteiger partial charge in [0, 0.05) is 16.6 Å². The minimum absolute atomic E-state index is 0.184. The van der Waals surface area contributed by atoms with E-state index >= 15 is 0 Å². The molecule has 1 fully saturated rings. The monoisotopic (exact) mass is 248 g/mol. The van der Waals surface area contributed by atoms with Crippen molar-refractivity contribution in [3.05, 3.63) is 11.1 Å². The lowest BCUT2D eigenvalue weighted by Gasteiger charge is -2.15. The molecule has 6 heteroatoms. The maximum atomic E-state index is 11.4. The van der Waals surface area contributed by atoms with E-state index in [1.165, 1.54) is 0 Å². The van der Waals surface area contributed by atoms with Crippen LogP contribution in [0.4, 0.5) is 0 Å². The van der Waals surface area contributed by atoms with Gasteiger partial charge in [0.15, 0.2) is 0 Å². The molecule has 0 amide bonds. The molecule has 0 atom stereocenters. The van der Waals surface area contributed by atoms with Crippen LogP contribution in [0.1, 0.15) is 6.92 Å². The number of carboxylic acid groups (broad SMARTS) is 1. The SMILES string of the molecule is CCOC(=O)C(C(=O)O)=C1CSCSC1. The van der Waals surface area contributed by atoms with Crippen molar-refractivity contribution in [1.29, 1.82) is 0 Å². The zero-order valence-corrected chi connectivity index (χ0v) is 9.95. The summed E-state index contributed by atoms with van der Waals surface area (Å²) in [6.07, 6.45) is 0. The minimum Gasteiger partial charge on any atom is -0.477 e. The minimum atomic E-state index is -1.19. The molecule has 0 aromatic carbocycles. The Hall–Kier alpha value is -0.620. The van der Waals surface area contributed by atoms with E-state index in [1.807, 2.05) is 0 Å². The maximum absolute atomic E-state index is 11.4. The molecule has 0 spiro atoms. The van der Waals surface area contributed by atoms with Crippen molar-refractivity contribution in [1.82, 2.24) is 0 Å². The number of esters is 1. The van der Waals surface area contributed by atoms with Crippen LogP contribution in [-0.2, 0) is 14.3 Å². The number of hydrogen-bond acceptors (Lipinski definition) is 5. The first-order valence-corrected chi connectivity index (χ1v) is 6.75. The van der Waals surface area contributed by atoms with Gasteiger partial charge < -0.3 is 9.84 Å². The third-order valence-electron chi connectivity index (χ3n) is 1.77. The van der Waals surface area contributed by atoms with Gasteiger partial charge in [-0.25, -0.2) is 9.59 Å². The number of rotatable bonds is 3. The number of carbonyl (C=O) groups is 2. The third kappa shape index (κ3) is 3.46. The van der Waals surface area contributed by atoms with Crippen molar-refractivity contribution in [3.8, 4) is 0 Å². The Labute approximate surface area is 96.4 Å². The molecule has 0 unspecified atom stereocenters. The van der Waals surface area contributed by atoms with Crippen molar-refractivity contribution in [3.63, 3.8) is 0 Å². The van der Waals surface area contributed by atoms with E-state index in [2.05, 4.69) is 0 Å². The van der Waals surface area contributed by atoms with E-state index in [0.717, 1.165) is 5.08 Å². The lowest BCUT2D eigenvalue weighted by atomic mass is 10.1. The van der Waals surface area contributed by atoms with Crippen LogP contribution in [0.25, 0.3) is 0 Å². The second-order valence-corrected chi connectivity index (χ2v) is 5.16. The van der Waals surface area contributed by atoms with Gasteiger partial charge in [0.25, 0.3) is 0 Å². The van der Waals surface area contributed by atoms with Gasteiger partial charge in [-0.1, -0.05) is 0 Å². The molecule has 0 bridgehead atoms. The van der Waals surface area contributed by atoms with Gasteiger partial charge in [0.1, 0.15) is 5.57 Å². The topological polar surface area (TPSA) is 63.6 Å². The molecule has 0 aromatic heterocycles. The normalized spacial score (nSPS) is 15.9. The summed E-state index contributed by atoms with van der Waals surface area (Å²) < 4.78 is 4.72. The molecule has 0 saturated carbocycles. The van der Waals surface area contributed by atoms with Gasteiger partial charge >= 0.3 is 11.9 Å². The average molecular weight is 248 g/mol. The van der Waals surface area contributed by atoms with Crippen LogP contribution in [0, 0.1) is 0 Å². The molecular formula is C9H12O4S2. The van der Waals surface area contributed by atoms with Gasteiger partial charge in [0.2, 0.25) is 0 Å². The highest BCUT2D eigenvalue weighted by Crippen LogP contribution is 2.27. The lowest BCUT2D eigenvalue weighted by Crippen LogP contribution is -2.20. The zero-order valence-electron chi connectivity index (χ0n) is 8.32. The van der Waals surface area contributed by atoms with Crippen molar-refractivity contribution in [2.75, 3.05) is 23.2 Å². The molecule has 1 N–H and O–H groups in total. The smallest absolute Gasteiger partial charge is 0.345 e. The predicted molar refractivity (Wildman–Crippen MR) is 61.1 cm³/mol. The first kappa shape index (κ1) is 12.4. The fraction of sp³-hybridized carbons (Fsp3) is 0.556. The number of hydrogen-bond donors (Lipinski definition) is 1. The van der Waals surface area contributed by atoms with E-state index in [9.17, 15) is 9.59 Å². The molecule has 1 aliphatic rings. The average Bonchev–Trinajstić information content (AvgIpc) is 2.19. The van der Waals surface area contributed by atoms with E-state index in [0.29, 0.717) is 17.1 Å². The zero-order chi connectivity index (χ0) is 11.3. The fourth-order valence-corrected chi connectivity index (χ4v) is 3.41. The number of carbonyl (C=O) groups excluding carboxylic acids is 1. The Morgan fingerprint density at radius 1 is 1.40 bits per heavy atom. The number of thioether (sulfide) groups is 2. The molecule has 1 rings (SSSR count). The highest BCUT2D eigenvalue weighted by atomic mass is 32.2. The molecule has 0 aliphatic carbocycles. The predicted octanol–water partition coefficient (Wildman–Crippen LogP) is 1.37. The highest BCUT2D eigenvalue weighted by molar-refractivity contribution is 8.16. The van der Waals surface area contributed by atoms with Gasteiger partial charge in [0.05, 0.1) is 6.61 Å². The quantitative estimate of drug-likeness (QED) is 0.352. The Morgan fingerprint density at radius 2 is 2.00 bits per heavy atom. The van der Waals surface area contributed by atoms with Gasteiger partial charge in [-0.3, -0.25) is 0 Å². The van der Waals surface area contributed by atoms with Crippen LogP contribution in [0.5, 0.6) is 0 Å². The van der Waals surface area contributed by atoms with E-state index < -0.39 is 11.9 Å². The fourth-order valence-electron chi connectivity index (χ4n) is 1.16. The second kappa shape index (κ2) is 6.07. The molecule has 1 aliphatic heterocycles. The van der Waals surface area contributed by atoms with Crippen LogP contribution >= 0.6 is 23.5 Å². The molecule has 0 radical (unpaired) electrons. The van der Waals surface area contributed by atoms with Crippen LogP contribution in [0.15, 0.2) is 11.1 Å². The first-order chi connectivity index (χ1) is 7.16. The molecule has 1 heterocycles. The lowest BCUT2D eigenvalue weighted by molar-refractivity contribution is -0.143. The third-order valence-corrected chi connectivity index (χ3v) is 4.20. The summed E-state index contributed by atoms with van der Waals surface area (Å²) in [6.45, 7) is 1.86. The molecule has 15 heavy (non-hydrogen) atoms. The van der Waals surface area contributed by atoms with Crippen molar-refractivity contribution in [2.45, 2.75) is 6.92 Å². The molecule has 84 valence electrons. The van der Waals surface area contributed by atoms with Crippen molar-refractivity contribution < 1.29 is 19.4 Å². The van der Waals surface area contributed by atoms with Gasteiger partial charge in [-0.2, -0.15) is 0 Å². The highest BCUT2D eigenvalue weighted by Gasteiger charge is 2.25. The largest absolute Gasteiger partial charge is 0.477 e. The molecular weight excluding hydrogens is 236 g/mol. The van der Waals surface area contributed by atoms with Crippen LogP contribution in [0.2, 0.25) is 0 Å². The maximum Gasteiger partial charge on any atom is 0.345 e. The summed E-state index contributed by atoms with van der Waals surface area (Å²) in [6, 6.07) is 0. The summed E-state index contributed by atoms with van der Waals surface area (Å²) in [5, 5.41) is 9.89. The van der Waals surface area contributed by atoms with Crippen molar-refractivity contribution in [2.24, 2.45) is 0 Å². The standard InChI is InChI=1S/C9H12O4S2/c1-2-13-9(12)7(8(10)11)6-3-14-5-15-4-6/h2-5H2,1H3,(H,10,11). The summed E-state index contributed by atoms with van der Waals surface area (Å²) in [7, 11) is 0. The Balaban J connectivity index is 2.88. The van der Waals surface area contributed by atoms with Crippen LogP contribution < -0.4 is 0 Å². The van der Waals surface area contributed by atoms with E-state index in [1.54, 1.807) is 30.4 Å². The molecule has 4 nitrogen and oxygen atoms in total.